The normalized spacial score (nSPS) is 10.8. The number of anilines is 1. The number of ketones is 2. The number of benzene rings is 3. The number of hydrogen-bond donors (Lipinski definition) is 2. The first kappa shape index (κ1) is 28.5. The van der Waals surface area contributed by atoms with Gasteiger partial charge < -0.3 is 15.8 Å². The summed E-state index contributed by atoms with van der Waals surface area (Å²) in [5.74, 6) is -1.23. The van der Waals surface area contributed by atoms with Crippen LogP contribution in [0.3, 0.4) is 0 Å². The van der Waals surface area contributed by atoms with Gasteiger partial charge in [-0.3, -0.25) is 19.4 Å². The molecule has 1 amide bonds. The molecule has 0 aliphatic heterocycles. The molecule has 204 valence electrons. The van der Waals surface area contributed by atoms with E-state index in [0.717, 1.165) is 17.3 Å². The van der Waals surface area contributed by atoms with Gasteiger partial charge in [-0.25, -0.2) is 4.39 Å². The van der Waals surface area contributed by atoms with Gasteiger partial charge in [-0.15, -0.1) is 0 Å². The summed E-state index contributed by atoms with van der Waals surface area (Å²) in [6, 6.07) is 18.8. The topological polar surface area (TPSA) is 111 Å². The van der Waals surface area contributed by atoms with Gasteiger partial charge in [-0.2, -0.15) is 0 Å². The Bertz CT molecular complexity index is 1570. The lowest BCUT2D eigenvalue weighted by atomic mass is 9.93. The number of nitrogens with one attached hydrogen (secondary N) is 1. The number of carbonyl (C=O) groups excluding carboxylic acids is 3. The molecule has 4 rings (SSSR count). The van der Waals surface area contributed by atoms with E-state index in [1.165, 1.54) is 12.3 Å². The average molecular weight is 540 g/mol. The fourth-order valence-corrected chi connectivity index (χ4v) is 4.38. The third-order valence-electron chi connectivity index (χ3n) is 6.52. The Kier molecular flexibility index (Phi) is 9.27. The zero-order valence-electron chi connectivity index (χ0n) is 22.4. The van der Waals surface area contributed by atoms with Gasteiger partial charge in [-0.1, -0.05) is 24.3 Å². The molecule has 3 N–H and O–H groups in total. The maximum Gasteiger partial charge on any atom is 0.255 e. The largest absolute Gasteiger partial charge is 0.374 e. The molecule has 1 heterocycles. The second kappa shape index (κ2) is 13.0. The molecular weight excluding hydrogens is 509 g/mol. The quantitative estimate of drug-likeness (QED) is 0.242. The van der Waals surface area contributed by atoms with Gasteiger partial charge in [0.2, 0.25) is 0 Å². The zero-order chi connectivity index (χ0) is 28.6. The third-order valence-corrected chi connectivity index (χ3v) is 6.52. The van der Waals surface area contributed by atoms with E-state index >= 15 is 0 Å². The lowest BCUT2D eigenvalue weighted by Crippen LogP contribution is -2.14. The van der Waals surface area contributed by atoms with Gasteiger partial charge in [0.05, 0.1) is 6.20 Å². The number of carbonyl (C=O) groups is 3. The second-order valence-electron chi connectivity index (χ2n) is 9.27. The molecule has 4 aromatic rings. The summed E-state index contributed by atoms with van der Waals surface area (Å²) in [6.45, 7) is 4.33. The van der Waals surface area contributed by atoms with Crippen LogP contribution in [0.15, 0.2) is 79.1 Å². The molecule has 3 aromatic carbocycles. The summed E-state index contributed by atoms with van der Waals surface area (Å²) in [7, 11) is 0. The standard InChI is InChI=1S/C32H30FN3O4/c1-3-40-19-31(38)27-10-9-26(13-20(27)2)36-32(39)24-6-4-5-21(14-24)28-15-23(7-8-25(28)17-34)30(37)16-22-11-12-35-18-29(22)33/h4-15,18H,3,16-17,19,34H2,1-2H3,(H,36,39). The van der Waals surface area contributed by atoms with E-state index in [1.807, 2.05) is 13.0 Å². The van der Waals surface area contributed by atoms with Crippen LogP contribution in [0, 0.1) is 12.7 Å². The van der Waals surface area contributed by atoms with E-state index in [-0.39, 0.29) is 42.6 Å². The Morgan fingerprint density at radius 2 is 1.77 bits per heavy atom. The van der Waals surface area contributed by atoms with Crippen molar-refractivity contribution in [3.8, 4) is 11.1 Å². The lowest BCUT2D eigenvalue weighted by Gasteiger charge is -2.13. The second-order valence-corrected chi connectivity index (χ2v) is 9.27. The minimum Gasteiger partial charge on any atom is -0.374 e. The first-order chi connectivity index (χ1) is 19.3. The molecule has 40 heavy (non-hydrogen) atoms. The molecule has 8 heteroatoms. The van der Waals surface area contributed by atoms with E-state index in [4.69, 9.17) is 10.5 Å². The van der Waals surface area contributed by atoms with Crippen molar-refractivity contribution in [2.45, 2.75) is 26.8 Å². The molecule has 0 aliphatic rings. The van der Waals surface area contributed by atoms with Crippen LogP contribution in [0.25, 0.3) is 11.1 Å². The summed E-state index contributed by atoms with van der Waals surface area (Å²) in [4.78, 5) is 42.1. The molecule has 0 bridgehead atoms. The molecule has 0 aliphatic carbocycles. The maximum atomic E-state index is 14.0. The molecule has 0 unspecified atom stereocenters. The van der Waals surface area contributed by atoms with Crippen LogP contribution < -0.4 is 11.1 Å². The van der Waals surface area contributed by atoms with E-state index in [2.05, 4.69) is 10.3 Å². The van der Waals surface area contributed by atoms with Gasteiger partial charge in [0.25, 0.3) is 5.91 Å². The highest BCUT2D eigenvalue weighted by molar-refractivity contribution is 6.06. The predicted molar refractivity (Wildman–Crippen MR) is 152 cm³/mol. The third kappa shape index (κ3) is 6.72. The fourth-order valence-electron chi connectivity index (χ4n) is 4.38. The number of amides is 1. The first-order valence-corrected chi connectivity index (χ1v) is 12.9. The highest BCUT2D eigenvalue weighted by Gasteiger charge is 2.16. The van der Waals surface area contributed by atoms with Crippen molar-refractivity contribution >= 4 is 23.2 Å². The number of Topliss-reactive ketones (excluding diaryl/α,β-unsaturated/α-hetero) is 2. The van der Waals surface area contributed by atoms with E-state index in [0.29, 0.717) is 40.1 Å². The SMILES string of the molecule is CCOCC(=O)c1ccc(NC(=O)c2cccc(-c3cc(C(=O)Cc4ccncc4F)ccc3CN)c2)cc1C. The van der Waals surface area contributed by atoms with Crippen LogP contribution in [0.1, 0.15) is 54.7 Å². The summed E-state index contributed by atoms with van der Waals surface area (Å²) >= 11 is 0. The van der Waals surface area contributed by atoms with Gasteiger partial charge in [0.15, 0.2) is 11.6 Å². The molecular formula is C32H30FN3O4. The number of rotatable bonds is 11. The summed E-state index contributed by atoms with van der Waals surface area (Å²) in [5.41, 5.74) is 11.1. The van der Waals surface area contributed by atoms with Gasteiger partial charge in [0.1, 0.15) is 12.4 Å². The lowest BCUT2D eigenvalue weighted by molar-refractivity contribution is 0.0782. The van der Waals surface area contributed by atoms with E-state index < -0.39 is 5.82 Å². The van der Waals surface area contributed by atoms with Gasteiger partial charge in [0, 0.05) is 48.1 Å². The monoisotopic (exact) mass is 539 g/mol. The Morgan fingerprint density at radius 1 is 0.950 bits per heavy atom. The number of ether oxygens (including phenoxy) is 1. The van der Waals surface area contributed by atoms with E-state index in [1.54, 1.807) is 61.5 Å². The number of nitrogens with two attached hydrogens (primary N) is 1. The van der Waals surface area contributed by atoms with Crippen LogP contribution >= 0.6 is 0 Å². The number of hydrogen-bond acceptors (Lipinski definition) is 6. The molecule has 0 saturated carbocycles. The molecule has 0 saturated heterocycles. The fraction of sp³-hybridized carbons (Fsp3) is 0.188. The molecule has 1 aromatic heterocycles. The molecule has 0 atom stereocenters. The molecule has 7 nitrogen and oxygen atoms in total. The molecule has 0 radical (unpaired) electrons. The van der Waals surface area contributed by atoms with Gasteiger partial charge in [-0.05, 0) is 84.1 Å². The first-order valence-electron chi connectivity index (χ1n) is 12.9. The summed E-state index contributed by atoms with van der Waals surface area (Å²) in [5, 5.41) is 2.88. The minimum atomic E-state index is -0.532. The van der Waals surface area contributed by atoms with Crippen molar-refractivity contribution in [2.24, 2.45) is 5.73 Å². The van der Waals surface area contributed by atoms with Crippen molar-refractivity contribution in [1.82, 2.24) is 4.98 Å². The maximum absolute atomic E-state index is 14.0. The minimum absolute atomic E-state index is 0.00798. The molecule has 0 fully saturated rings. The number of aromatic nitrogens is 1. The summed E-state index contributed by atoms with van der Waals surface area (Å²) < 4.78 is 19.2. The Labute approximate surface area is 232 Å². The average Bonchev–Trinajstić information content (AvgIpc) is 2.96. The Morgan fingerprint density at radius 3 is 2.50 bits per heavy atom. The zero-order valence-corrected chi connectivity index (χ0v) is 22.4. The number of nitrogens with zero attached hydrogens (tertiary/aromatic N) is 1. The van der Waals surface area contributed by atoms with Crippen molar-refractivity contribution < 1.29 is 23.5 Å². The Hall–Kier alpha value is -4.53. The highest BCUT2D eigenvalue weighted by Crippen LogP contribution is 2.27. The number of halogens is 1. The van der Waals surface area contributed by atoms with Crippen LogP contribution in [0.2, 0.25) is 0 Å². The summed E-state index contributed by atoms with van der Waals surface area (Å²) in [6.07, 6.45) is 2.43. The smallest absolute Gasteiger partial charge is 0.255 e. The van der Waals surface area contributed by atoms with Crippen molar-refractivity contribution in [3.63, 3.8) is 0 Å². The van der Waals surface area contributed by atoms with Crippen molar-refractivity contribution in [2.75, 3.05) is 18.5 Å². The van der Waals surface area contributed by atoms with E-state index in [9.17, 15) is 18.8 Å². The number of aryl methyl sites for hydroxylation is 1. The van der Waals surface area contributed by atoms with Crippen LogP contribution in [0.4, 0.5) is 10.1 Å². The van der Waals surface area contributed by atoms with Gasteiger partial charge >= 0.3 is 0 Å². The van der Waals surface area contributed by atoms with Crippen molar-refractivity contribution in [3.05, 3.63) is 118 Å². The Balaban J connectivity index is 1.55. The highest BCUT2D eigenvalue weighted by atomic mass is 19.1. The van der Waals surface area contributed by atoms with Crippen LogP contribution in [-0.4, -0.2) is 35.7 Å². The van der Waals surface area contributed by atoms with Crippen LogP contribution in [0.5, 0.6) is 0 Å². The van der Waals surface area contributed by atoms with Crippen LogP contribution in [-0.2, 0) is 17.7 Å². The predicted octanol–water partition coefficient (Wildman–Crippen LogP) is 5.55. The molecule has 0 spiro atoms. The van der Waals surface area contributed by atoms with Crippen molar-refractivity contribution in [1.29, 1.82) is 0 Å². The number of pyridine rings is 1.